The molecular formula is C23H16BrFN2O3. The first-order chi connectivity index (χ1) is 14.5. The third-order valence-electron chi connectivity index (χ3n) is 3.88. The molecule has 0 spiro atoms. The number of hydrogen-bond donors (Lipinski definition) is 1. The Kier molecular flexibility index (Phi) is 7.24. The summed E-state index contributed by atoms with van der Waals surface area (Å²) in [7, 11) is 0. The first kappa shape index (κ1) is 21.1. The summed E-state index contributed by atoms with van der Waals surface area (Å²) in [6.07, 6.45) is 4.27. The number of carbonyl (C=O) groups excluding carboxylic acids is 2. The fourth-order valence-electron chi connectivity index (χ4n) is 2.45. The molecule has 0 saturated heterocycles. The Morgan fingerprint density at radius 1 is 1.00 bits per heavy atom. The maximum Gasteiger partial charge on any atom is 0.336 e. The summed E-state index contributed by atoms with van der Waals surface area (Å²) in [6, 6.07) is 19.9. The number of esters is 1. The van der Waals surface area contributed by atoms with Crippen LogP contribution in [-0.2, 0) is 4.79 Å². The zero-order valence-corrected chi connectivity index (χ0v) is 17.2. The molecule has 0 fully saturated rings. The normalized spacial score (nSPS) is 11.0. The van der Waals surface area contributed by atoms with Crippen molar-refractivity contribution in [3.63, 3.8) is 0 Å². The molecule has 150 valence electrons. The van der Waals surface area contributed by atoms with Gasteiger partial charge in [-0.3, -0.25) is 4.79 Å². The number of hydrazone groups is 1. The highest BCUT2D eigenvalue weighted by atomic mass is 79.9. The molecule has 1 amide bonds. The lowest BCUT2D eigenvalue weighted by Crippen LogP contribution is -2.19. The Hall–Kier alpha value is -3.58. The van der Waals surface area contributed by atoms with Gasteiger partial charge in [0, 0.05) is 16.1 Å². The minimum absolute atomic E-state index is 0.124. The molecule has 0 bridgehead atoms. The third-order valence-corrected chi connectivity index (χ3v) is 4.38. The fraction of sp³-hybridized carbons (Fsp3) is 0. The number of hydrogen-bond acceptors (Lipinski definition) is 4. The zero-order valence-electron chi connectivity index (χ0n) is 15.6. The number of nitrogens with zero attached hydrogens (tertiary/aromatic N) is 1. The van der Waals surface area contributed by atoms with E-state index in [1.54, 1.807) is 30.3 Å². The molecule has 0 heterocycles. The van der Waals surface area contributed by atoms with Crippen LogP contribution in [0, 0.1) is 5.82 Å². The van der Waals surface area contributed by atoms with Gasteiger partial charge >= 0.3 is 5.97 Å². The SMILES string of the molecule is O=C(/C=C/c1ccccc1)Oc1ccc(Br)cc1/C=N\NC(=O)c1ccccc1F. The molecule has 7 heteroatoms. The first-order valence-electron chi connectivity index (χ1n) is 8.85. The second-order valence-corrected chi connectivity index (χ2v) is 6.94. The Labute approximate surface area is 181 Å². The number of ether oxygens (including phenoxy) is 1. The van der Waals surface area contributed by atoms with Crippen molar-refractivity contribution in [3.05, 3.63) is 106 Å². The van der Waals surface area contributed by atoms with Gasteiger partial charge in [0.05, 0.1) is 11.8 Å². The Bertz CT molecular complexity index is 1110. The van der Waals surface area contributed by atoms with Gasteiger partial charge in [-0.15, -0.1) is 0 Å². The smallest absolute Gasteiger partial charge is 0.336 e. The van der Waals surface area contributed by atoms with E-state index in [1.807, 2.05) is 30.3 Å². The Balaban J connectivity index is 1.69. The van der Waals surface area contributed by atoms with E-state index in [9.17, 15) is 14.0 Å². The molecule has 3 aromatic rings. The standard InChI is InChI=1S/C23H16BrFN2O3/c24-18-11-12-21(30-22(28)13-10-16-6-2-1-3-7-16)17(14-18)15-26-27-23(29)19-8-4-5-9-20(19)25/h1-15H,(H,27,29)/b13-10+,26-15-. The van der Waals surface area contributed by atoms with Gasteiger partial charge in [-0.05, 0) is 42.0 Å². The van der Waals surface area contributed by atoms with Crippen LogP contribution in [0.4, 0.5) is 4.39 Å². The van der Waals surface area contributed by atoms with E-state index in [4.69, 9.17) is 4.74 Å². The van der Waals surface area contributed by atoms with E-state index in [2.05, 4.69) is 26.5 Å². The summed E-state index contributed by atoms with van der Waals surface area (Å²) in [6.45, 7) is 0. The molecule has 30 heavy (non-hydrogen) atoms. The topological polar surface area (TPSA) is 67.8 Å². The Morgan fingerprint density at radius 2 is 1.73 bits per heavy atom. The zero-order chi connectivity index (χ0) is 21.3. The maximum absolute atomic E-state index is 13.7. The molecule has 0 aromatic heterocycles. The molecule has 0 unspecified atom stereocenters. The summed E-state index contributed by atoms with van der Waals surface area (Å²) in [5.41, 5.74) is 3.44. The van der Waals surface area contributed by atoms with Gasteiger partial charge in [-0.2, -0.15) is 5.10 Å². The van der Waals surface area contributed by atoms with Crippen LogP contribution in [0.3, 0.4) is 0 Å². The van der Waals surface area contributed by atoms with Crippen LogP contribution < -0.4 is 10.2 Å². The highest BCUT2D eigenvalue weighted by Crippen LogP contribution is 2.22. The number of carbonyl (C=O) groups is 2. The molecule has 0 aliphatic carbocycles. The van der Waals surface area contributed by atoms with Gasteiger partial charge in [-0.25, -0.2) is 14.6 Å². The van der Waals surface area contributed by atoms with E-state index in [0.29, 0.717) is 5.56 Å². The van der Waals surface area contributed by atoms with E-state index >= 15 is 0 Å². The largest absolute Gasteiger partial charge is 0.423 e. The van der Waals surface area contributed by atoms with Gasteiger partial charge in [-0.1, -0.05) is 58.4 Å². The summed E-state index contributed by atoms with van der Waals surface area (Å²) in [5, 5.41) is 3.84. The van der Waals surface area contributed by atoms with Crippen LogP contribution in [0.15, 0.2) is 88.4 Å². The third kappa shape index (κ3) is 5.96. The molecule has 3 aromatic carbocycles. The molecule has 0 aliphatic rings. The van der Waals surface area contributed by atoms with Crippen LogP contribution in [0.1, 0.15) is 21.5 Å². The van der Waals surface area contributed by atoms with E-state index in [1.165, 1.54) is 30.5 Å². The molecule has 0 radical (unpaired) electrons. The predicted molar refractivity (Wildman–Crippen MR) is 117 cm³/mol. The summed E-state index contributed by atoms with van der Waals surface area (Å²) in [5.74, 6) is -1.65. The monoisotopic (exact) mass is 466 g/mol. The maximum atomic E-state index is 13.7. The lowest BCUT2D eigenvalue weighted by Gasteiger charge is -2.06. The van der Waals surface area contributed by atoms with Gasteiger partial charge in [0.15, 0.2) is 0 Å². The second kappa shape index (κ2) is 10.3. The quantitative estimate of drug-likeness (QED) is 0.183. The minimum Gasteiger partial charge on any atom is -0.423 e. The minimum atomic E-state index is -0.691. The van der Waals surface area contributed by atoms with Crippen LogP contribution in [-0.4, -0.2) is 18.1 Å². The van der Waals surface area contributed by atoms with Crippen LogP contribution in [0.5, 0.6) is 5.75 Å². The average Bonchev–Trinajstić information content (AvgIpc) is 2.75. The van der Waals surface area contributed by atoms with Crippen molar-refractivity contribution >= 4 is 40.1 Å². The van der Waals surface area contributed by atoms with Crippen molar-refractivity contribution in [3.8, 4) is 5.75 Å². The number of benzene rings is 3. The molecule has 1 N–H and O–H groups in total. The van der Waals surface area contributed by atoms with Gasteiger partial charge in [0.2, 0.25) is 0 Å². The van der Waals surface area contributed by atoms with Gasteiger partial charge < -0.3 is 4.74 Å². The fourth-order valence-corrected chi connectivity index (χ4v) is 2.83. The molecule has 0 aliphatic heterocycles. The highest BCUT2D eigenvalue weighted by Gasteiger charge is 2.10. The average molecular weight is 467 g/mol. The van der Waals surface area contributed by atoms with E-state index < -0.39 is 17.7 Å². The van der Waals surface area contributed by atoms with Crippen molar-refractivity contribution in [1.82, 2.24) is 5.43 Å². The summed E-state index contributed by atoms with van der Waals surface area (Å²) in [4.78, 5) is 24.2. The van der Waals surface area contributed by atoms with Crippen molar-refractivity contribution < 1.29 is 18.7 Å². The van der Waals surface area contributed by atoms with Gasteiger partial charge in [0.25, 0.3) is 5.91 Å². The van der Waals surface area contributed by atoms with Crippen LogP contribution in [0.25, 0.3) is 6.08 Å². The molecule has 0 saturated carbocycles. The van der Waals surface area contributed by atoms with Crippen molar-refractivity contribution in [1.29, 1.82) is 0 Å². The predicted octanol–water partition coefficient (Wildman–Crippen LogP) is 4.97. The molecule has 5 nitrogen and oxygen atoms in total. The summed E-state index contributed by atoms with van der Waals surface area (Å²) < 4.78 is 19.8. The van der Waals surface area contributed by atoms with Crippen molar-refractivity contribution in [2.75, 3.05) is 0 Å². The van der Waals surface area contributed by atoms with Crippen LogP contribution in [0.2, 0.25) is 0 Å². The van der Waals surface area contributed by atoms with E-state index in [0.717, 1.165) is 10.0 Å². The second-order valence-electron chi connectivity index (χ2n) is 6.03. The van der Waals surface area contributed by atoms with Crippen molar-refractivity contribution in [2.45, 2.75) is 0 Å². The van der Waals surface area contributed by atoms with Crippen molar-refractivity contribution in [2.24, 2.45) is 5.10 Å². The highest BCUT2D eigenvalue weighted by molar-refractivity contribution is 9.10. The number of amides is 1. The van der Waals surface area contributed by atoms with Crippen LogP contribution >= 0.6 is 15.9 Å². The molecular weight excluding hydrogens is 451 g/mol. The Morgan fingerprint density at radius 3 is 2.50 bits per heavy atom. The first-order valence-corrected chi connectivity index (χ1v) is 9.64. The van der Waals surface area contributed by atoms with E-state index in [-0.39, 0.29) is 11.3 Å². The number of halogens is 2. The molecule has 3 rings (SSSR count). The number of nitrogens with one attached hydrogen (secondary N) is 1. The van der Waals surface area contributed by atoms with Gasteiger partial charge in [0.1, 0.15) is 11.6 Å². The number of rotatable bonds is 6. The molecule has 0 atom stereocenters. The lowest BCUT2D eigenvalue weighted by atomic mass is 10.2. The lowest BCUT2D eigenvalue weighted by molar-refractivity contribution is -0.128. The summed E-state index contributed by atoms with van der Waals surface area (Å²) >= 11 is 3.34.